The van der Waals surface area contributed by atoms with Gasteiger partial charge in [0.15, 0.2) is 0 Å². The van der Waals surface area contributed by atoms with Crippen molar-refractivity contribution >= 4 is 11.8 Å². The molecule has 2 amide bonds. The van der Waals surface area contributed by atoms with E-state index in [4.69, 9.17) is 5.21 Å². The van der Waals surface area contributed by atoms with Crippen molar-refractivity contribution in [3.63, 3.8) is 0 Å². The van der Waals surface area contributed by atoms with Crippen molar-refractivity contribution < 1.29 is 19.9 Å². The van der Waals surface area contributed by atoms with Crippen LogP contribution in [0.2, 0.25) is 0 Å². The number of aliphatic hydroxyl groups excluding tert-OH is 1. The van der Waals surface area contributed by atoms with E-state index in [1.807, 2.05) is 36.8 Å². The first-order valence-corrected chi connectivity index (χ1v) is 10.8. The Bertz CT molecular complexity index is 1020. The monoisotopic (exact) mass is 451 g/mol. The highest BCUT2D eigenvalue weighted by Gasteiger charge is 2.25. The van der Waals surface area contributed by atoms with Crippen molar-refractivity contribution in [2.45, 2.75) is 38.6 Å². The summed E-state index contributed by atoms with van der Waals surface area (Å²) in [6, 6.07) is 13.9. The smallest absolute Gasteiger partial charge is 0.268 e. The second-order valence-electron chi connectivity index (χ2n) is 7.77. The molecule has 0 fully saturated rings. The predicted molar refractivity (Wildman–Crippen MR) is 123 cm³/mol. The number of amides is 2. The molecule has 0 aliphatic rings. The van der Waals surface area contributed by atoms with Crippen LogP contribution in [0.4, 0.5) is 0 Å². The van der Waals surface area contributed by atoms with Crippen molar-refractivity contribution in [2.75, 3.05) is 6.54 Å². The number of carbonyl (C=O) groups excluding carboxylic acids is 2. The zero-order valence-electron chi connectivity index (χ0n) is 18.4. The summed E-state index contributed by atoms with van der Waals surface area (Å²) in [7, 11) is 0. The lowest BCUT2D eigenvalue weighted by atomic mass is 10.0. The van der Waals surface area contributed by atoms with Crippen LogP contribution >= 0.6 is 0 Å². The number of hydrogen-bond acceptors (Lipinski definition) is 6. The zero-order valence-corrected chi connectivity index (χ0v) is 18.4. The summed E-state index contributed by atoms with van der Waals surface area (Å²) < 4.78 is 2.06. The molecule has 2 aromatic carbocycles. The van der Waals surface area contributed by atoms with E-state index < -0.39 is 24.0 Å². The quantitative estimate of drug-likeness (QED) is 0.172. The van der Waals surface area contributed by atoms with Crippen molar-refractivity contribution in [3.8, 4) is 11.1 Å². The van der Waals surface area contributed by atoms with Gasteiger partial charge < -0.3 is 20.3 Å². The van der Waals surface area contributed by atoms with E-state index in [0.29, 0.717) is 5.56 Å². The first kappa shape index (κ1) is 24.1. The third kappa shape index (κ3) is 6.98. The number of aromatic nitrogens is 2. The number of aliphatic hydroxyl groups is 1. The van der Waals surface area contributed by atoms with Gasteiger partial charge >= 0.3 is 0 Å². The molecule has 0 saturated heterocycles. The van der Waals surface area contributed by atoms with E-state index in [1.54, 1.807) is 18.3 Å². The number of hydrogen-bond donors (Lipinski definition) is 5. The van der Waals surface area contributed by atoms with Gasteiger partial charge in [-0.1, -0.05) is 36.4 Å². The van der Waals surface area contributed by atoms with Crippen LogP contribution in [0.15, 0.2) is 67.3 Å². The maximum absolute atomic E-state index is 12.4. The Kier molecular flexibility index (Phi) is 8.71. The third-order valence-electron chi connectivity index (χ3n) is 5.25. The van der Waals surface area contributed by atoms with Crippen molar-refractivity contribution in [2.24, 2.45) is 0 Å². The van der Waals surface area contributed by atoms with Crippen LogP contribution in [0.3, 0.4) is 0 Å². The Morgan fingerprint density at radius 3 is 2.30 bits per heavy atom. The van der Waals surface area contributed by atoms with E-state index in [-0.39, 0.29) is 0 Å². The molecule has 3 aromatic rings. The SMILES string of the molecule is C[C@@H](O)[C@H](NC(=O)c1ccc(-c2ccc(CNCCCn3ccnc3)cc2)cc1)C(=O)NO. The molecule has 1 heterocycles. The number of carbonyl (C=O) groups is 2. The fourth-order valence-electron chi connectivity index (χ4n) is 3.37. The number of benzene rings is 2. The van der Waals surface area contributed by atoms with E-state index in [2.05, 4.69) is 32.3 Å². The number of nitrogens with one attached hydrogen (secondary N) is 3. The van der Waals surface area contributed by atoms with Crippen LogP contribution in [0, 0.1) is 0 Å². The van der Waals surface area contributed by atoms with E-state index in [0.717, 1.165) is 37.2 Å². The van der Waals surface area contributed by atoms with Gasteiger partial charge in [-0.15, -0.1) is 0 Å². The van der Waals surface area contributed by atoms with E-state index in [1.165, 1.54) is 18.0 Å². The molecular weight excluding hydrogens is 422 g/mol. The number of rotatable bonds is 11. The molecule has 2 atom stereocenters. The Morgan fingerprint density at radius 1 is 1.06 bits per heavy atom. The molecule has 0 saturated carbocycles. The lowest BCUT2D eigenvalue weighted by Crippen LogP contribution is -2.51. The standard InChI is InChI=1S/C24H29N5O4/c1-17(30)22(24(32)28-33)27-23(31)21-9-7-20(8-10-21)19-5-3-18(4-6-19)15-25-11-2-13-29-14-12-26-16-29/h3-10,12,14,16-17,22,25,30,33H,2,11,13,15H2,1H3,(H,27,31)(H,28,32)/t17-,22+/m1/s1. The molecule has 174 valence electrons. The topological polar surface area (TPSA) is 129 Å². The van der Waals surface area contributed by atoms with Gasteiger partial charge in [0.2, 0.25) is 0 Å². The Morgan fingerprint density at radius 2 is 1.73 bits per heavy atom. The Hall–Kier alpha value is -3.53. The summed E-state index contributed by atoms with van der Waals surface area (Å²) in [5, 5.41) is 24.3. The van der Waals surface area contributed by atoms with Gasteiger partial charge in [0.1, 0.15) is 6.04 Å². The minimum Gasteiger partial charge on any atom is -0.391 e. The summed E-state index contributed by atoms with van der Waals surface area (Å²) in [6.45, 7) is 3.99. The molecule has 0 spiro atoms. The summed E-state index contributed by atoms with van der Waals surface area (Å²) in [4.78, 5) is 28.0. The number of nitrogens with zero attached hydrogens (tertiary/aromatic N) is 2. The number of imidazole rings is 1. The van der Waals surface area contributed by atoms with Crippen LogP contribution in [-0.4, -0.2) is 50.4 Å². The molecule has 0 bridgehead atoms. The van der Waals surface area contributed by atoms with Crippen molar-refractivity contribution in [1.82, 2.24) is 25.7 Å². The van der Waals surface area contributed by atoms with E-state index >= 15 is 0 Å². The maximum Gasteiger partial charge on any atom is 0.268 e. The molecule has 3 rings (SSSR count). The summed E-state index contributed by atoms with van der Waals surface area (Å²) >= 11 is 0. The molecular formula is C24H29N5O4. The fourth-order valence-corrected chi connectivity index (χ4v) is 3.37. The first-order chi connectivity index (χ1) is 16.0. The van der Waals surface area contributed by atoms with Crippen LogP contribution in [0.25, 0.3) is 11.1 Å². The van der Waals surface area contributed by atoms with E-state index in [9.17, 15) is 14.7 Å². The van der Waals surface area contributed by atoms with Gasteiger partial charge in [-0.2, -0.15) is 0 Å². The van der Waals surface area contributed by atoms with Crippen LogP contribution in [-0.2, 0) is 17.9 Å². The van der Waals surface area contributed by atoms with Crippen LogP contribution in [0.5, 0.6) is 0 Å². The van der Waals surface area contributed by atoms with Crippen LogP contribution < -0.4 is 16.1 Å². The summed E-state index contributed by atoms with van der Waals surface area (Å²) in [5.41, 5.74) is 4.94. The highest BCUT2D eigenvalue weighted by molar-refractivity contribution is 5.97. The first-order valence-electron chi connectivity index (χ1n) is 10.8. The van der Waals surface area contributed by atoms with Gasteiger partial charge in [0, 0.05) is 31.0 Å². The molecule has 0 radical (unpaired) electrons. The fraction of sp³-hybridized carbons (Fsp3) is 0.292. The Labute approximate surface area is 192 Å². The minimum atomic E-state index is -1.26. The van der Waals surface area contributed by atoms with Gasteiger partial charge in [0.05, 0.1) is 12.4 Å². The maximum atomic E-state index is 12.4. The highest BCUT2D eigenvalue weighted by atomic mass is 16.5. The molecule has 0 unspecified atom stereocenters. The molecule has 1 aromatic heterocycles. The molecule has 9 nitrogen and oxygen atoms in total. The highest BCUT2D eigenvalue weighted by Crippen LogP contribution is 2.20. The molecule has 9 heteroatoms. The second kappa shape index (κ2) is 11.9. The average molecular weight is 452 g/mol. The lowest BCUT2D eigenvalue weighted by Gasteiger charge is -2.19. The average Bonchev–Trinajstić information content (AvgIpc) is 3.35. The Balaban J connectivity index is 1.50. The van der Waals surface area contributed by atoms with Gasteiger partial charge in [-0.3, -0.25) is 14.8 Å². The van der Waals surface area contributed by atoms with Crippen molar-refractivity contribution in [3.05, 3.63) is 78.4 Å². The predicted octanol–water partition coefficient (Wildman–Crippen LogP) is 1.71. The molecule has 0 aliphatic carbocycles. The summed E-state index contributed by atoms with van der Waals surface area (Å²) in [5.74, 6) is -1.41. The molecule has 0 aliphatic heterocycles. The molecule has 5 N–H and O–H groups in total. The normalized spacial score (nSPS) is 12.7. The minimum absolute atomic E-state index is 0.339. The van der Waals surface area contributed by atoms with Crippen molar-refractivity contribution in [1.29, 1.82) is 0 Å². The third-order valence-corrected chi connectivity index (χ3v) is 5.25. The largest absolute Gasteiger partial charge is 0.391 e. The second-order valence-corrected chi connectivity index (χ2v) is 7.77. The lowest BCUT2D eigenvalue weighted by molar-refractivity contribution is -0.133. The molecule has 33 heavy (non-hydrogen) atoms. The summed E-state index contributed by atoms with van der Waals surface area (Å²) in [6.07, 6.45) is 5.42. The van der Waals surface area contributed by atoms with Gasteiger partial charge in [0.25, 0.3) is 11.8 Å². The number of hydroxylamine groups is 1. The van der Waals surface area contributed by atoms with Gasteiger partial charge in [-0.25, -0.2) is 10.5 Å². The zero-order chi connectivity index (χ0) is 23.6. The van der Waals surface area contributed by atoms with Gasteiger partial charge in [-0.05, 0) is 48.7 Å². The number of aryl methyl sites for hydroxylation is 1. The van der Waals surface area contributed by atoms with Crippen LogP contribution in [0.1, 0.15) is 29.3 Å².